The van der Waals surface area contributed by atoms with Crippen LogP contribution in [-0.4, -0.2) is 54.1 Å². The number of aryl methyl sites for hydroxylation is 1. The maximum Gasteiger partial charge on any atom is 0.236 e. The van der Waals surface area contributed by atoms with E-state index >= 15 is 0 Å². The number of nitrogens with zero attached hydrogens (tertiary/aromatic N) is 2. The van der Waals surface area contributed by atoms with Gasteiger partial charge in [-0.1, -0.05) is 29.8 Å². The van der Waals surface area contributed by atoms with E-state index in [1.165, 1.54) is 5.56 Å². The van der Waals surface area contributed by atoms with E-state index < -0.39 is 0 Å². The molecule has 20 heavy (non-hydrogen) atoms. The lowest BCUT2D eigenvalue weighted by Crippen LogP contribution is -2.37. The third-order valence-corrected chi connectivity index (χ3v) is 3.30. The van der Waals surface area contributed by atoms with Gasteiger partial charge in [0.2, 0.25) is 5.91 Å². The van der Waals surface area contributed by atoms with Gasteiger partial charge in [0.15, 0.2) is 0 Å². The molecule has 0 heterocycles. The second-order valence-corrected chi connectivity index (χ2v) is 5.61. The van der Waals surface area contributed by atoms with Crippen LogP contribution in [0.2, 0.25) is 0 Å². The molecule has 1 amide bonds. The zero-order valence-corrected chi connectivity index (χ0v) is 13.0. The average Bonchev–Trinajstić information content (AvgIpc) is 2.39. The Hall–Kier alpha value is -1.39. The molecule has 1 N–H and O–H groups in total. The topological polar surface area (TPSA) is 43.8 Å². The van der Waals surface area contributed by atoms with Crippen molar-refractivity contribution in [3.63, 3.8) is 0 Å². The Labute approximate surface area is 122 Å². The minimum atomic E-state index is -0.321. The van der Waals surface area contributed by atoms with Crippen molar-refractivity contribution in [3.8, 4) is 0 Å². The van der Waals surface area contributed by atoms with E-state index in [0.29, 0.717) is 19.5 Å². The van der Waals surface area contributed by atoms with Crippen LogP contribution in [0, 0.1) is 6.92 Å². The predicted octanol–water partition coefficient (Wildman–Crippen LogP) is 1.66. The summed E-state index contributed by atoms with van der Waals surface area (Å²) in [6.07, 6.45) is 0.365. The number of hydrogen-bond donors (Lipinski definition) is 1. The van der Waals surface area contributed by atoms with Crippen molar-refractivity contribution in [1.29, 1.82) is 0 Å². The summed E-state index contributed by atoms with van der Waals surface area (Å²) in [5.41, 5.74) is 2.36. The summed E-state index contributed by atoms with van der Waals surface area (Å²) in [5.74, 6) is 0.0960. The molecule has 0 spiro atoms. The molecule has 1 rings (SSSR count). The number of aliphatic hydroxyl groups is 1. The summed E-state index contributed by atoms with van der Waals surface area (Å²) < 4.78 is 0. The predicted molar refractivity (Wildman–Crippen MR) is 81.4 cm³/mol. The second kappa shape index (κ2) is 8.02. The Bertz CT molecular complexity index is 415. The molecule has 0 aromatic heterocycles. The van der Waals surface area contributed by atoms with Crippen molar-refractivity contribution < 1.29 is 9.90 Å². The van der Waals surface area contributed by atoms with Gasteiger partial charge in [-0.25, -0.2) is 0 Å². The molecule has 112 valence electrons. The summed E-state index contributed by atoms with van der Waals surface area (Å²) >= 11 is 0. The van der Waals surface area contributed by atoms with Crippen LogP contribution >= 0.6 is 0 Å². The molecular weight excluding hydrogens is 252 g/mol. The third kappa shape index (κ3) is 6.17. The number of benzene rings is 1. The van der Waals surface area contributed by atoms with E-state index in [-0.39, 0.29) is 12.0 Å². The smallest absolute Gasteiger partial charge is 0.236 e. The number of rotatable bonds is 7. The van der Waals surface area contributed by atoms with Gasteiger partial charge in [-0.05, 0) is 32.9 Å². The number of hydrogen-bond acceptors (Lipinski definition) is 3. The molecule has 1 aromatic carbocycles. The normalized spacial score (nSPS) is 12.5. The zero-order valence-electron chi connectivity index (χ0n) is 13.0. The van der Waals surface area contributed by atoms with Crippen LogP contribution in [0.4, 0.5) is 0 Å². The van der Waals surface area contributed by atoms with E-state index in [2.05, 4.69) is 31.2 Å². The molecule has 0 saturated heterocycles. The largest absolute Gasteiger partial charge is 0.393 e. The van der Waals surface area contributed by atoms with Gasteiger partial charge in [-0.3, -0.25) is 9.69 Å². The number of carbonyl (C=O) groups is 1. The molecule has 0 aliphatic carbocycles. The minimum Gasteiger partial charge on any atom is -0.393 e. The molecule has 0 radical (unpaired) electrons. The highest BCUT2D eigenvalue weighted by Gasteiger charge is 2.12. The Morgan fingerprint density at radius 3 is 2.40 bits per heavy atom. The van der Waals surface area contributed by atoms with Crippen molar-refractivity contribution in [3.05, 3.63) is 35.4 Å². The third-order valence-electron chi connectivity index (χ3n) is 3.30. The minimum absolute atomic E-state index is 0.0960. The van der Waals surface area contributed by atoms with Crippen LogP contribution in [0.3, 0.4) is 0 Å². The first-order valence-electron chi connectivity index (χ1n) is 7.04. The van der Waals surface area contributed by atoms with Gasteiger partial charge in [0.25, 0.3) is 0 Å². The molecule has 4 nitrogen and oxygen atoms in total. The molecule has 0 saturated carbocycles. The van der Waals surface area contributed by atoms with Gasteiger partial charge in [-0.2, -0.15) is 0 Å². The summed E-state index contributed by atoms with van der Waals surface area (Å²) in [6, 6.07) is 8.22. The Morgan fingerprint density at radius 1 is 1.25 bits per heavy atom. The summed E-state index contributed by atoms with van der Waals surface area (Å²) in [4.78, 5) is 15.8. The fourth-order valence-corrected chi connectivity index (χ4v) is 1.89. The standard InChI is InChI=1S/C16H26N2O2/c1-13-5-7-15(8-6-13)11-18(4)16(20)12-17(3)10-9-14(2)19/h5-8,14,19H,9-12H2,1-4H3. The lowest BCUT2D eigenvalue weighted by atomic mass is 10.1. The first-order chi connectivity index (χ1) is 9.38. The van der Waals surface area contributed by atoms with Crippen LogP contribution in [-0.2, 0) is 11.3 Å². The first-order valence-corrected chi connectivity index (χ1v) is 7.04. The van der Waals surface area contributed by atoms with Crippen LogP contribution in [0.1, 0.15) is 24.5 Å². The monoisotopic (exact) mass is 278 g/mol. The van der Waals surface area contributed by atoms with Gasteiger partial charge in [0.1, 0.15) is 0 Å². The summed E-state index contributed by atoms with van der Waals surface area (Å²) in [7, 11) is 3.73. The molecule has 0 bridgehead atoms. The average molecular weight is 278 g/mol. The highest BCUT2D eigenvalue weighted by atomic mass is 16.3. The van der Waals surface area contributed by atoms with Crippen molar-refractivity contribution in [1.82, 2.24) is 9.80 Å². The molecule has 0 fully saturated rings. The maximum absolute atomic E-state index is 12.1. The Morgan fingerprint density at radius 2 is 1.85 bits per heavy atom. The summed E-state index contributed by atoms with van der Waals surface area (Å²) in [6.45, 7) is 5.55. The Balaban J connectivity index is 2.40. The Kier molecular flexibility index (Phi) is 6.68. The number of aliphatic hydroxyl groups excluding tert-OH is 1. The van der Waals surface area contributed by atoms with E-state index in [0.717, 1.165) is 12.1 Å². The fraction of sp³-hybridized carbons (Fsp3) is 0.562. The van der Waals surface area contributed by atoms with Crippen molar-refractivity contribution in [2.24, 2.45) is 0 Å². The quantitative estimate of drug-likeness (QED) is 0.825. The van der Waals surface area contributed by atoms with Crippen LogP contribution in [0.25, 0.3) is 0 Å². The molecule has 1 atom stereocenters. The highest BCUT2D eigenvalue weighted by Crippen LogP contribution is 2.06. The second-order valence-electron chi connectivity index (χ2n) is 5.61. The first kappa shape index (κ1) is 16.7. The molecule has 1 unspecified atom stereocenters. The van der Waals surface area contributed by atoms with Gasteiger partial charge < -0.3 is 10.0 Å². The van der Waals surface area contributed by atoms with E-state index in [1.807, 2.05) is 19.0 Å². The van der Waals surface area contributed by atoms with Crippen molar-refractivity contribution >= 4 is 5.91 Å². The van der Waals surface area contributed by atoms with E-state index in [1.54, 1.807) is 11.8 Å². The van der Waals surface area contributed by atoms with Crippen molar-refractivity contribution in [2.45, 2.75) is 32.9 Å². The number of carbonyl (C=O) groups excluding carboxylic acids is 1. The lowest BCUT2D eigenvalue weighted by Gasteiger charge is -2.22. The number of likely N-dealkylation sites (N-methyl/N-ethyl adjacent to an activating group) is 2. The fourth-order valence-electron chi connectivity index (χ4n) is 1.89. The van der Waals surface area contributed by atoms with Crippen molar-refractivity contribution in [2.75, 3.05) is 27.2 Å². The van der Waals surface area contributed by atoms with E-state index in [4.69, 9.17) is 0 Å². The van der Waals surface area contributed by atoms with Crippen LogP contribution in [0.15, 0.2) is 24.3 Å². The van der Waals surface area contributed by atoms with E-state index in [9.17, 15) is 9.90 Å². The highest BCUT2D eigenvalue weighted by molar-refractivity contribution is 5.77. The van der Waals surface area contributed by atoms with Gasteiger partial charge in [0.05, 0.1) is 12.6 Å². The zero-order chi connectivity index (χ0) is 15.1. The number of amides is 1. The molecule has 1 aromatic rings. The molecule has 0 aliphatic heterocycles. The van der Waals surface area contributed by atoms with Crippen LogP contribution < -0.4 is 0 Å². The SMILES string of the molecule is Cc1ccc(CN(C)C(=O)CN(C)CCC(C)O)cc1. The maximum atomic E-state index is 12.1. The summed E-state index contributed by atoms with van der Waals surface area (Å²) in [5, 5.41) is 9.24. The molecular formula is C16H26N2O2. The lowest BCUT2D eigenvalue weighted by molar-refractivity contribution is -0.131. The van der Waals surface area contributed by atoms with Gasteiger partial charge >= 0.3 is 0 Å². The van der Waals surface area contributed by atoms with Gasteiger partial charge in [0, 0.05) is 20.1 Å². The van der Waals surface area contributed by atoms with Crippen LogP contribution in [0.5, 0.6) is 0 Å². The molecule has 4 heteroatoms. The molecule has 0 aliphatic rings. The van der Waals surface area contributed by atoms with Gasteiger partial charge in [-0.15, -0.1) is 0 Å².